The van der Waals surface area contributed by atoms with Crippen molar-refractivity contribution in [2.24, 2.45) is 0 Å². The highest BCUT2D eigenvalue weighted by Gasteiger charge is 2.09. The lowest BCUT2D eigenvalue weighted by Crippen LogP contribution is -2.12. The molecule has 0 saturated heterocycles. The number of aromatic nitrogens is 1. The third-order valence-electron chi connectivity index (χ3n) is 2.33. The van der Waals surface area contributed by atoms with E-state index in [4.69, 9.17) is 16.9 Å². The predicted octanol–water partition coefficient (Wildman–Crippen LogP) is 3.00. The fourth-order valence-corrected chi connectivity index (χ4v) is 1.61. The predicted molar refractivity (Wildman–Crippen MR) is 68.3 cm³/mol. The van der Waals surface area contributed by atoms with Gasteiger partial charge in [-0.1, -0.05) is 11.6 Å². The molecule has 0 radical (unpaired) electrons. The zero-order valence-corrected chi connectivity index (χ0v) is 10.3. The minimum atomic E-state index is -0.632. The number of carbonyl (C=O) groups excluding carboxylic acids is 1. The van der Waals surface area contributed by atoms with Crippen LogP contribution in [0, 0.1) is 17.1 Å². The Bertz CT molecular complexity index is 682. The van der Waals surface area contributed by atoms with Crippen LogP contribution in [0.4, 0.5) is 10.1 Å². The molecule has 0 aliphatic carbocycles. The maximum atomic E-state index is 13.1. The molecule has 1 aromatic heterocycles. The van der Waals surface area contributed by atoms with Gasteiger partial charge >= 0.3 is 0 Å². The van der Waals surface area contributed by atoms with Crippen molar-refractivity contribution in [2.45, 2.75) is 0 Å². The molecule has 2 aromatic rings. The van der Waals surface area contributed by atoms with E-state index < -0.39 is 11.7 Å². The molecule has 94 valence electrons. The van der Waals surface area contributed by atoms with Crippen molar-refractivity contribution in [1.82, 2.24) is 4.98 Å². The van der Waals surface area contributed by atoms with Gasteiger partial charge in [0.15, 0.2) is 0 Å². The summed E-state index contributed by atoms with van der Waals surface area (Å²) in [4.78, 5) is 15.6. The van der Waals surface area contributed by atoms with Crippen molar-refractivity contribution in [3.63, 3.8) is 0 Å². The fraction of sp³-hybridized carbons (Fsp3) is 0. The Morgan fingerprint density at radius 3 is 2.84 bits per heavy atom. The second-order valence-electron chi connectivity index (χ2n) is 3.63. The molecule has 0 unspecified atom stereocenters. The Balaban J connectivity index is 2.22. The number of nitriles is 1. The second-order valence-corrected chi connectivity index (χ2v) is 4.02. The Kier molecular flexibility index (Phi) is 3.74. The van der Waals surface area contributed by atoms with E-state index in [0.29, 0.717) is 11.3 Å². The molecule has 4 nitrogen and oxygen atoms in total. The number of halogens is 2. The van der Waals surface area contributed by atoms with Gasteiger partial charge in [-0.15, -0.1) is 0 Å². The van der Waals surface area contributed by atoms with Crippen LogP contribution in [0.25, 0.3) is 0 Å². The van der Waals surface area contributed by atoms with Crippen LogP contribution in [0.15, 0.2) is 36.5 Å². The molecule has 0 aliphatic heterocycles. The van der Waals surface area contributed by atoms with E-state index in [0.717, 1.165) is 6.07 Å². The van der Waals surface area contributed by atoms with Crippen LogP contribution in [-0.4, -0.2) is 10.9 Å². The van der Waals surface area contributed by atoms with Gasteiger partial charge in [-0.05, 0) is 30.3 Å². The Morgan fingerprint density at radius 2 is 2.16 bits per heavy atom. The topological polar surface area (TPSA) is 65.8 Å². The molecule has 1 amide bonds. The standard InChI is InChI=1S/C13H7ClFN3O/c14-12-6-8(3-4-17-12)13(19)18-10-1-2-11(15)9(5-10)7-16/h1-6H,(H,18,19). The van der Waals surface area contributed by atoms with Crippen molar-refractivity contribution in [2.75, 3.05) is 5.32 Å². The lowest BCUT2D eigenvalue weighted by molar-refractivity contribution is 0.102. The molecule has 0 aliphatic rings. The zero-order chi connectivity index (χ0) is 13.8. The largest absolute Gasteiger partial charge is 0.322 e. The maximum absolute atomic E-state index is 13.1. The summed E-state index contributed by atoms with van der Waals surface area (Å²) in [7, 11) is 0. The van der Waals surface area contributed by atoms with E-state index in [9.17, 15) is 9.18 Å². The summed E-state index contributed by atoms with van der Waals surface area (Å²) in [6.07, 6.45) is 1.41. The summed E-state index contributed by atoms with van der Waals surface area (Å²) >= 11 is 5.68. The van der Waals surface area contributed by atoms with E-state index in [1.807, 2.05) is 0 Å². The van der Waals surface area contributed by atoms with Crippen LogP contribution in [-0.2, 0) is 0 Å². The second kappa shape index (κ2) is 5.46. The number of benzene rings is 1. The van der Waals surface area contributed by atoms with Crippen molar-refractivity contribution < 1.29 is 9.18 Å². The Hall–Kier alpha value is -2.45. The van der Waals surface area contributed by atoms with E-state index in [2.05, 4.69) is 10.3 Å². The zero-order valence-electron chi connectivity index (χ0n) is 9.52. The van der Waals surface area contributed by atoms with Crippen molar-refractivity contribution in [3.05, 3.63) is 58.6 Å². The minimum absolute atomic E-state index is 0.134. The molecular formula is C13H7ClFN3O. The van der Waals surface area contributed by atoms with Gasteiger partial charge in [0.1, 0.15) is 17.0 Å². The van der Waals surface area contributed by atoms with E-state index >= 15 is 0 Å². The number of amides is 1. The smallest absolute Gasteiger partial charge is 0.255 e. The van der Waals surface area contributed by atoms with Gasteiger partial charge in [0.05, 0.1) is 5.56 Å². The first-order chi connectivity index (χ1) is 9.10. The molecular weight excluding hydrogens is 269 g/mol. The molecule has 19 heavy (non-hydrogen) atoms. The van der Waals surface area contributed by atoms with E-state index in [1.165, 1.54) is 30.5 Å². The summed E-state index contributed by atoms with van der Waals surface area (Å²) in [5, 5.41) is 11.4. The SMILES string of the molecule is N#Cc1cc(NC(=O)c2ccnc(Cl)c2)ccc1F. The number of rotatable bonds is 2. The van der Waals surface area contributed by atoms with Gasteiger partial charge in [-0.3, -0.25) is 4.79 Å². The van der Waals surface area contributed by atoms with Crippen LogP contribution in [0.1, 0.15) is 15.9 Å². The van der Waals surface area contributed by atoms with Crippen molar-refractivity contribution in [3.8, 4) is 6.07 Å². The molecule has 6 heteroatoms. The molecule has 0 fully saturated rings. The van der Waals surface area contributed by atoms with Gasteiger partial charge < -0.3 is 5.32 Å². The van der Waals surface area contributed by atoms with Crippen LogP contribution in [0.5, 0.6) is 0 Å². The van der Waals surface area contributed by atoms with Crippen molar-refractivity contribution in [1.29, 1.82) is 5.26 Å². The summed E-state index contributed by atoms with van der Waals surface area (Å²) in [6.45, 7) is 0. The van der Waals surface area contributed by atoms with Gasteiger partial charge in [0.2, 0.25) is 0 Å². The number of carbonyl (C=O) groups is 1. The normalized spacial score (nSPS) is 9.74. The first-order valence-electron chi connectivity index (χ1n) is 5.22. The molecule has 0 saturated carbocycles. The van der Waals surface area contributed by atoms with Gasteiger partial charge in [-0.2, -0.15) is 5.26 Å². The molecule has 1 N–H and O–H groups in total. The minimum Gasteiger partial charge on any atom is -0.322 e. The molecule has 0 atom stereocenters. The molecule has 1 heterocycles. The van der Waals surface area contributed by atoms with Crippen LogP contribution < -0.4 is 5.32 Å². The summed E-state index contributed by atoms with van der Waals surface area (Å²) in [5.74, 6) is -1.05. The summed E-state index contributed by atoms with van der Waals surface area (Å²) < 4.78 is 13.1. The number of pyridine rings is 1. The van der Waals surface area contributed by atoms with E-state index in [-0.39, 0.29) is 10.7 Å². The molecule has 1 aromatic carbocycles. The summed E-state index contributed by atoms with van der Waals surface area (Å²) in [6, 6.07) is 8.36. The van der Waals surface area contributed by atoms with Gasteiger partial charge in [0.25, 0.3) is 5.91 Å². The number of hydrogen-bond acceptors (Lipinski definition) is 3. The number of nitrogens with zero attached hydrogens (tertiary/aromatic N) is 2. The monoisotopic (exact) mass is 275 g/mol. The Labute approximate surface area is 113 Å². The van der Waals surface area contributed by atoms with Crippen molar-refractivity contribution >= 4 is 23.2 Å². The molecule has 0 spiro atoms. The lowest BCUT2D eigenvalue weighted by atomic mass is 10.2. The number of nitrogens with one attached hydrogen (secondary N) is 1. The average Bonchev–Trinajstić information content (AvgIpc) is 2.41. The highest BCUT2D eigenvalue weighted by atomic mass is 35.5. The highest BCUT2D eigenvalue weighted by molar-refractivity contribution is 6.29. The average molecular weight is 276 g/mol. The quantitative estimate of drug-likeness (QED) is 0.857. The van der Waals surface area contributed by atoms with Crippen LogP contribution in [0.2, 0.25) is 5.15 Å². The Morgan fingerprint density at radius 1 is 1.37 bits per heavy atom. The highest BCUT2D eigenvalue weighted by Crippen LogP contribution is 2.15. The van der Waals surface area contributed by atoms with Gasteiger partial charge in [-0.25, -0.2) is 9.37 Å². The maximum Gasteiger partial charge on any atom is 0.255 e. The molecule has 2 rings (SSSR count). The van der Waals surface area contributed by atoms with Crippen LogP contribution in [0.3, 0.4) is 0 Å². The van der Waals surface area contributed by atoms with Crippen LogP contribution >= 0.6 is 11.6 Å². The first kappa shape index (κ1) is 13.0. The first-order valence-corrected chi connectivity index (χ1v) is 5.60. The van der Waals surface area contributed by atoms with E-state index in [1.54, 1.807) is 6.07 Å². The summed E-state index contributed by atoms with van der Waals surface area (Å²) in [5.41, 5.74) is 0.518. The number of hydrogen-bond donors (Lipinski definition) is 1. The van der Waals surface area contributed by atoms with Gasteiger partial charge in [0, 0.05) is 17.4 Å². The lowest BCUT2D eigenvalue weighted by Gasteiger charge is -2.06. The fourth-order valence-electron chi connectivity index (χ4n) is 1.44. The molecule has 0 bridgehead atoms. The third kappa shape index (κ3) is 3.06. The number of anilines is 1. The third-order valence-corrected chi connectivity index (χ3v) is 2.54.